The molecule has 0 aliphatic heterocycles. The van der Waals surface area contributed by atoms with E-state index in [9.17, 15) is 4.39 Å². The van der Waals surface area contributed by atoms with Gasteiger partial charge in [0.1, 0.15) is 17.7 Å². The average Bonchev–Trinajstić information content (AvgIpc) is 3.01. The second kappa shape index (κ2) is 8.38. The van der Waals surface area contributed by atoms with E-state index in [0.717, 1.165) is 13.0 Å². The third kappa shape index (κ3) is 5.73. The summed E-state index contributed by atoms with van der Waals surface area (Å²) in [6, 6.07) is 10.1. The summed E-state index contributed by atoms with van der Waals surface area (Å²) in [7, 11) is 0. The molecule has 6 heteroatoms. The normalized spacial score (nSPS) is 12.9. The van der Waals surface area contributed by atoms with Gasteiger partial charge in [0.15, 0.2) is 5.96 Å². The van der Waals surface area contributed by atoms with E-state index in [1.54, 1.807) is 23.5 Å². The molecule has 4 nitrogen and oxygen atoms in total. The van der Waals surface area contributed by atoms with Crippen LogP contribution in [0.25, 0.3) is 0 Å². The summed E-state index contributed by atoms with van der Waals surface area (Å²) in [5.74, 6) is 0.747. The van der Waals surface area contributed by atoms with Crippen molar-refractivity contribution in [2.45, 2.75) is 19.4 Å². The molecule has 0 aliphatic carbocycles. The second-order valence-electron chi connectivity index (χ2n) is 4.86. The Kier molecular flexibility index (Phi) is 6.21. The molecule has 0 saturated heterocycles. The van der Waals surface area contributed by atoms with Crippen LogP contribution in [-0.4, -0.2) is 25.2 Å². The summed E-state index contributed by atoms with van der Waals surface area (Å²) >= 11 is 1.73. The maximum atomic E-state index is 12.8. The highest BCUT2D eigenvalue weighted by molar-refractivity contribution is 7.09. The number of nitrogens with two attached hydrogens (primary N) is 1. The van der Waals surface area contributed by atoms with Gasteiger partial charge in [0.05, 0.1) is 6.54 Å². The number of hydrogen-bond acceptors (Lipinski definition) is 3. The molecule has 3 N–H and O–H groups in total. The van der Waals surface area contributed by atoms with Gasteiger partial charge in [0.25, 0.3) is 0 Å². The van der Waals surface area contributed by atoms with E-state index in [2.05, 4.69) is 21.8 Å². The molecule has 2 aromatic rings. The Labute approximate surface area is 133 Å². The van der Waals surface area contributed by atoms with Gasteiger partial charge in [-0.3, -0.25) is 0 Å². The van der Waals surface area contributed by atoms with Crippen molar-refractivity contribution < 1.29 is 9.13 Å². The number of rotatable bonds is 7. The lowest BCUT2D eigenvalue weighted by atomic mass is 10.3. The zero-order valence-electron chi connectivity index (χ0n) is 12.5. The average molecular weight is 321 g/mol. The van der Waals surface area contributed by atoms with Crippen LogP contribution >= 0.6 is 11.3 Å². The fourth-order valence-corrected chi connectivity index (χ4v) is 2.54. The molecule has 118 valence electrons. The van der Waals surface area contributed by atoms with E-state index in [1.807, 2.05) is 13.0 Å². The maximum Gasteiger partial charge on any atom is 0.188 e. The fourth-order valence-electron chi connectivity index (χ4n) is 1.83. The molecule has 22 heavy (non-hydrogen) atoms. The third-order valence-corrected chi connectivity index (χ3v) is 3.86. The molecule has 1 aromatic heterocycles. The van der Waals surface area contributed by atoms with Crippen molar-refractivity contribution in [3.05, 3.63) is 52.5 Å². The molecular weight excluding hydrogens is 301 g/mol. The van der Waals surface area contributed by atoms with Crippen molar-refractivity contribution in [1.82, 2.24) is 5.32 Å². The third-order valence-electron chi connectivity index (χ3n) is 2.93. The van der Waals surface area contributed by atoms with E-state index < -0.39 is 0 Å². The number of hydrogen-bond donors (Lipinski definition) is 2. The quantitative estimate of drug-likeness (QED) is 0.609. The number of thiophene rings is 1. The van der Waals surface area contributed by atoms with Crippen molar-refractivity contribution in [3.8, 4) is 5.75 Å². The van der Waals surface area contributed by atoms with E-state index in [4.69, 9.17) is 10.5 Å². The van der Waals surface area contributed by atoms with Gasteiger partial charge < -0.3 is 15.8 Å². The van der Waals surface area contributed by atoms with Crippen molar-refractivity contribution in [2.75, 3.05) is 13.1 Å². The first-order valence-electron chi connectivity index (χ1n) is 7.12. The highest BCUT2D eigenvalue weighted by Gasteiger charge is 2.04. The molecule has 0 amide bonds. The molecule has 2 rings (SSSR count). The van der Waals surface area contributed by atoms with Crippen LogP contribution in [0.5, 0.6) is 5.75 Å². The lowest BCUT2D eigenvalue weighted by Crippen LogP contribution is -2.34. The zero-order valence-corrected chi connectivity index (χ0v) is 13.3. The Hall–Kier alpha value is -2.08. The first-order chi connectivity index (χ1) is 10.6. The number of benzene rings is 1. The molecule has 0 spiro atoms. The van der Waals surface area contributed by atoms with Crippen molar-refractivity contribution in [3.63, 3.8) is 0 Å². The summed E-state index contributed by atoms with van der Waals surface area (Å²) in [6.07, 6.45) is 0.790. The summed E-state index contributed by atoms with van der Waals surface area (Å²) in [5.41, 5.74) is 5.81. The van der Waals surface area contributed by atoms with E-state index in [-0.39, 0.29) is 11.9 Å². The summed E-state index contributed by atoms with van der Waals surface area (Å²) in [6.45, 7) is 3.09. The zero-order chi connectivity index (χ0) is 15.8. The second-order valence-corrected chi connectivity index (χ2v) is 5.90. The van der Waals surface area contributed by atoms with Crippen molar-refractivity contribution in [1.29, 1.82) is 0 Å². The van der Waals surface area contributed by atoms with Crippen LogP contribution in [0.15, 0.2) is 46.8 Å². The van der Waals surface area contributed by atoms with E-state index in [0.29, 0.717) is 18.3 Å². The minimum atomic E-state index is -0.280. The van der Waals surface area contributed by atoms with Crippen LogP contribution < -0.4 is 15.8 Å². The van der Waals surface area contributed by atoms with Gasteiger partial charge >= 0.3 is 0 Å². The lowest BCUT2D eigenvalue weighted by Gasteiger charge is -2.13. The molecule has 1 aromatic carbocycles. The van der Waals surface area contributed by atoms with Gasteiger partial charge in [-0.25, -0.2) is 9.38 Å². The van der Waals surface area contributed by atoms with Crippen molar-refractivity contribution >= 4 is 17.3 Å². The minimum absolute atomic E-state index is 0.136. The Morgan fingerprint density at radius 2 is 2.14 bits per heavy atom. The van der Waals surface area contributed by atoms with Crippen LogP contribution in [0, 0.1) is 5.82 Å². The van der Waals surface area contributed by atoms with Crippen LogP contribution in [0.4, 0.5) is 4.39 Å². The van der Waals surface area contributed by atoms with E-state index >= 15 is 0 Å². The molecule has 0 bridgehead atoms. The molecule has 0 saturated carbocycles. The summed E-state index contributed by atoms with van der Waals surface area (Å²) in [4.78, 5) is 5.56. The standard InChI is InChI=1S/C16H20FN3OS/c1-12(21-14-6-4-13(17)5-7-14)11-20-16(18)19-9-8-15-3-2-10-22-15/h2-7,10,12H,8-9,11H2,1H3,(H3,18,19,20). The van der Waals surface area contributed by atoms with Gasteiger partial charge in [-0.2, -0.15) is 0 Å². The maximum absolute atomic E-state index is 12.8. The number of halogens is 1. The Morgan fingerprint density at radius 3 is 2.82 bits per heavy atom. The van der Waals surface area contributed by atoms with Crippen LogP contribution in [0.2, 0.25) is 0 Å². The molecule has 1 heterocycles. The predicted octanol–water partition coefficient (Wildman–Crippen LogP) is 2.80. The van der Waals surface area contributed by atoms with Gasteiger partial charge in [-0.05, 0) is 49.1 Å². The number of nitrogens with one attached hydrogen (secondary N) is 1. The van der Waals surface area contributed by atoms with Gasteiger partial charge in [0.2, 0.25) is 0 Å². The Morgan fingerprint density at radius 1 is 1.36 bits per heavy atom. The largest absolute Gasteiger partial charge is 0.489 e. The number of ether oxygens (including phenoxy) is 1. The number of aliphatic imine (C=N–C) groups is 1. The first kappa shape index (κ1) is 16.3. The van der Waals surface area contributed by atoms with E-state index in [1.165, 1.54) is 17.0 Å². The Bertz CT molecular complexity index is 584. The van der Waals surface area contributed by atoms with Gasteiger partial charge in [0, 0.05) is 11.4 Å². The minimum Gasteiger partial charge on any atom is -0.489 e. The molecule has 0 aliphatic rings. The molecular formula is C16H20FN3OS. The summed E-state index contributed by atoms with van der Waals surface area (Å²) < 4.78 is 18.4. The van der Waals surface area contributed by atoms with Gasteiger partial charge in [-0.1, -0.05) is 6.07 Å². The number of nitrogens with zero attached hydrogens (tertiary/aromatic N) is 1. The topological polar surface area (TPSA) is 59.6 Å². The number of guanidine groups is 1. The van der Waals surface area contributed by atoms with Crippen molar-refractivity contribution in [2.24, 2.45) is 10.7 Å². The molecule has 0 fully saturated rings. The van der Waals surface area contributed by atoms with Crippen LogP contribution in [0.1, 0.15) is 11.8 Å². The monoisotopic (exact) mass is 321 g/mol. The molecule has 1 unspecified atom stereocenters. The lowest BCUT2D eigenvalue weighted by molar-refractivity contribution is 0.230. The molecule has 1 atom stereocenters. The highest BCUT2D eigenvalue weighted by atomic mass is 32.1. The molecule has 0 radical (unpaired) electrons. The fraction of sp³-hybridized carbons (Fsp3) is 0.312. The Balaban J connectivity index is 1.69. The van der Waals surface area contributed by atoms with Gasteiger partial charge in [-0.15, -0.1) is 11.3 Å². The summed E-state index contributed by atoms with van der Waals surface area (Å²) in [5, 5.41) is 5.13. The van der Waals surface area contributed by atoms with Crippen LogP contribution in [0.3, 0.4) is 0 Å². The smallest absolute Gasteiger partial charge is 0.188 e. The first-order valence-corrected chi connectivity index (χ1v) is 8.00. The highest BCUT2D eigenvalue weighted by Crippen LogP contribution is 2.13. The predicted molar refractivity (Wildman–Crippen MR) is 89.0 cm³/mol. The van der Waals surface area contributed by atoms with Crippen LogP contribution in [-0.2, 0) is 6.42 Å². The SMILES string of the molecule is CC(CN=C(N)NCCc1cccs1)Oc1ccc(F)cc1.